The molecule has 0 spiro atoms. The highest BCUT2D eigenvalue weighted by Crippen LogP contribution is 2.11. The minimum atomic E-state index is 0.711. The van der Waals surface area contributed by atoms with Crippen molar-refractivity contribution in [3.63, 3.8) is 0 Å². The van der Waals surface area contributed by atoms with Crippen LogP contribution in [0.2, 0.25) is 0 Å². The summed E-state index contributed by atoms with van der Waals surface area (Å²) in [4.78, 5) is 2.32. The topological polar surface area (TPSA) is 33.7 Å². The second-order valence-corrected chi connectivity index (χ2v) is 4.45. The number of methoxy groups -OCH3 is 1. The third kappa shape index (κ3) is 6.57. The summed E-state index contributed by atoms with van der Waals surface area (Å²) < 4.78 is 10.8. The van der Waals surface area contributed by atoms with Gasteiger partial charge in [-0.05, 0) is 31.3 Å². The zero-order valence-electron chi connectivity index (χ0n) is 12.3. The lowest BCUT2D eigenvalue weighted by Gasteiger charge is -2.19. The first kappa shape index (κ1) is 16.0. The van der Waals surface area contributed by atoms with Crippen molar-refractivity contribution >= 4 is 0 Å². The largest absolute Gasteiger partial charge is 0.492 e. The number of hydrogen-bond donors (Lipinski definition) is 1. The zero-order valence-corrected chi connectivity index (χ0v) is 12.3. The summed E-state index contributed by atoms with van der Waals surface area (Å²) in [5, 5.41) is 3.13. The molecule has 19 heavy (non-hydrogen) atoms. The molecule has 0 unspecified atom stereocenters. The average Bonchev–Trinajstić information content (AvgIpc) is 2.44. The van der Waals surface area contributed by atoms with E-state index in [1.54, 1.807) is 7.11 Å². The summed E-state index contributed by atoms with van der Waals surface area (Å²) in [5.74, 6) is 0.933. The Labute approximate surface area is 116 Å². The van der Waals surface area contributed by atoms with Gasteiger partial charge in [-0.1, -0.05) is 19.1 Å². The first-order valence-corrected chi connectivity index (χ1v) is 6.87. The SMILES string of the molecule is CCN(CCOC)CCOc1ccc(CNC)cc1. The monoisotopic (exact) mass is 266 g/mol. The van der Waals surface area contributed by atoms with Gasteiger partial charge in [-0.25, -0.2) is 0 Å². The Kier molecular flexibility index (Phi) is 8.21. The molecule has 0 amide bonds. The average molecular weight is 266 g/mol. The second-order valence-electron chi connectivity index (χ2n) is 4.45. The molecule has 0 saturated carbocycles. The van der Waals surface area contributed by atoms with Crippen molar-refractivity contribution in [3.05, 3.63) is 29.8 Å². The number of benzene rings is 1. The van der Waals surface area contributed by atoms with E-state index in [0.29, 0.717) is 6.61 Å². The fourth-order valence-corrected chi connectivity index (χ4v) is 1.85. The highest BCUT2D eigenvalue weighted by molar-refractivity contribution is 5.27. The predicted molar refractivity (Wildman–Crippen MR) is 78.7 cm³/mol. The van der Waals surface area contributed by atoms with Gasteiger partial charge in [-0.15, -0.1) is 0 Å². The lowest BCUT2D eigenvalue weighted by Crippen LogP contribution is -2.31. The van der Waals surface area contributed by atoms with E-state index in [0.717, 1.165) is 38.5 Å². The molecule has 0 atom stereocenters. The number of hydrogen-bond acceptors (Lipinski definition) is 4. The van der Waals surface area contributed by atoms with E-state index >= 15 is 0 Å². The van der Waals surface area contributed by atoms with Crippen molar-refractivity contribution in [2.75, 3.05) is 47.0 Å². The minimum Gasteiger partial charge on any atom is -0.492 e. The second kappa shape index (κ2) is 9.78. The molecule has 0 aromatic heterocycles. The zero-order chi connectivity index (χ0) is 13.9. The molecule has 4 nitrogen and oxygen atoms in total. The van der Waals surface area contributed by atoms with E-state index in [9.17, 15) is 0 Å². The lowest BCUT2D eigenvalue weighted by molar-refractivity contribution is 0.138. The molecule has 0 heterocycles. The van der Waals surface area contributed by atoms with E-state index in [-0.39, 0.29) is 0 Å². The normalized spacial score (nSPS) is 10.9. The number of nitrogens with zero attached hydrogens (tertiary/aromatic N) is 1. The van der Waals surface area contributed by atoms with Crippen LogP contribution in [0.1, 0.15) is 12.5 Å². The van der Waals surface area contributed by atoms with Crippen LogP contribution in [0.5, 0.6) is 5.75 Å². The van der Waals surface area contributed by atoms with Crippen LogP contribution in [0.4, 0.5) is 0 Å². The van der Waals surface area contributed by atoms with Gasteiger partial charge in [0.1, 0.15) is 12.4 Å². The number of ether oxygens (including phenoxy) is 2. The molecular formula is C15H26N2O2. The predicted octanol–water partition coefficient (Wildman–Crippen LogP) is 1.75. The maximum absolute atomic E-state index is 5.75. The minimum absolute atomic E-state index is 0.711. The van der Waals surface area contributed by atoms with Gasteiger partial charge >= 0.3 is 0 Å². The fraction of sp³-hybridized carbons (Fsp3) is 0.600. The molecule has 1 aromatic rings. The van der Waals surface area contributed by atoms with Crippen molar-refractivity contribution in [1.29, 1.82) is 0 Å². The summed E-state index contributed by atoms with van der Waals surface area (Å²) in [7, 11) is 3.68. The number of rotatable bonds is 10. The van der Waals surface area contributed by atoms with Crippen LogP contribution in [0.25, 0.3) is 0 Å². The highest BCUT2D eigenvalue weighted by Gasteiger charge is 2.02. The molecule has 0 radical (unpaired) electrons. The van der Waals surface area contributed by atoms with Crippen molar-refractivity contribution in [3.8, 4) is 5.75 Å². The summed E-state index contributed by atoms with van der Waals surface area (Å²) in [5.41, 5.74) is 1.27. The van der Waals surface area contributed by atoms with Crippen molar-refractivity contribution < 1.29 is 9.47 Å². The van der Waals surface area contributed by atoms with Gasteiger partial charge in [0.2, 0.25) is 0 Å². The Hall–Kier alpha value is -1.10. The Morgan fingerprint density at radius 3 is 2.37 bits per heavy atom. The standard InChI is InChI=1S/C15H26N2O2/c1-4-17(9-11-18-3)10-12-19-15-7-5-14(6-8-15)13-16-2/h5-8,16H,4,9-13H2,1-3H3. The highest BCUT2D eigenvalue weighted by atomic mass is 16.5. The summed E-state index contributed by atoms with van der Waals surface area (Å²) in [6.07, 6.45) is 0. The van der Waals surface area contributed by atoms with Crippen LogP contribution >= 0.6 is 0 Å². The van der Waals surface area contributed by atoms with Gasteiger partial charge in [-0.2, -0.15) is 0 Å². The summed E-state index contributed by atoms with van der Waals surface area (Å²) >= 11 is 0. The number of likely N-dealkylation sites (N-methyl/N-ethyl adjacent to an activating group) is 1. The molecule has 108 valence electrons. The molecule has 0 saturated heterocycles. The maximum atomic E-state index is 5.75. The summed E-state index contributed by atoms with van der Waals surface area (Å²) in [6.45, 7) is 7.43. The smallest absolute Gasteiger partial charge is 0.119 e. The Balaban J connectivity index is 2.27. The molecule has 0 bridgehead atoms. The van der Waals surface area contributed by atoms with Crippen LogP contribution in [0.3, 0.4) is 0 Å². The molecule has 1 rings (SSSR count). The van der Waals surface area contributed by atoms with Crippen LogP contribution < -0.4 is 10.1 Å². The van der Waals surface area contributed by atoms with Gasteiger partial charge in [0.05, 0.1) is 6.61 Å². The Morgan fingerprint density at radius 2 is 1.79 bits per heavy atom. The first-order chi connectivity index (χ1) is 9.30. The van der Waals surface area contributed by atoms with Crippen molar-refractivity contribution in [2.45, 2.75) is 13.5 Å². The van der Waals surface area contributed by atoms with Gasteiger partial charge in [0.25, 0.3) is 0 Å². The van der Waals surface area contributed by atoms with Crippen LogP contribution in [0.15, 0.2) is 24.3 Å². The Bertz CT molecular complexity index is 327. The van der Waals surface area contributed by atoms with Gasteiger partial charge in [0, 0.05) is 26.7 Å². The van der Waals surface area contributed by atoms with Gasteiger partial charge in [0.15, 0.2) is 0 Å². The summed E-state index contributed by atoms with van der Waals surface area (Å²) in [6, 6.07) is 8.24. The van der Waals surface area contributed by atoms with Crippen molar-refractivity contribution in [2.24, 2.45) is 0 Å². The van der Waals surface area contributed by atoms with Crippen molar-refractivity contribution in [1.82, 2.24) is 10.2 Å². The maximum Gasteiger partial charge on any atom is 0.119 e. The molecule has 1 aromatic carbocycles. The molecular weight excluding hydrogens is 240 g/mol. The molecule has 4 heteroatoms. The molecule has 0 aliphatic rings. The third-order valence-corrected chi connectivity index (χ3v) is 3.04. The van der Waals surface area contributed by atoms with E-state index in [1.807, 2.05) is 19.2 Å². The van der Waals surface area contributed by atoms with E-state index in [4.69, 9.17) is 9.47 Å². The van der Waals surface area contributed by atoms with Crippen LogP contribution in [0, 0.1) is 0 Å². The first-order valence-electron chi connectivity index (χ1n) is 6.87. The Morgan fingerprint density at radius 1 is 1.11 bits per heavy atom. The fourth-order valence-electron chi connectivity index (χ4n) is 1.85. The third-order valence-electron chi connectivity index (χ3n) is 3.04. The quantitative estimate of drug-likeness (QED) is 0.699. The number of nitrogens with one attached hydrogen (secondary N) is 1. The molecule has 1 N–H and O–H groups in total. The molecule has 0 fully saturated rings. The van der Waals surface area contributed by atoms with E-state index in [1.165, 1.54) is 5.56 Å². The van der Waals surface area contributed by atoms with Crippen LogP contribution in [-0.4, -0.2) is 51.9 Å². The molecule has 0 aliphatic carbocycles. The van der Waals surface area contributed by atoms with Gasteiger partial charge in [-0.3, -0.25) is 4.90 Å². The van der Waals surface area contributed by atoms with Gasteiger partial charge < -0.3 is 14.8 Å². The lowest BCUT2D eigenvalue weighted by atomic mass is 10.2. The van der Waals surface area contributed by atoms with E-state index < -0.39 is 0 Å². The molecule has 0 aliphatic heterocycles. The van der Waals surface area contributed by atoms with E-state index in [2.05, 4.69) is 29.3 Å². The van der Waals surface area contributed by atoms with Crippen LogP contribution in [-0.2, 0) is 11.3 Å².